The molecule has 352 valence electrons. The average molecular weight is 943 g/mol. The van der Waals surface area contributed by atoms with E-state index in [1.54, 1.807) is 0 Å². The van der Waals surface area contributed by atoms with Crippen molar-refractivity contribution < 1.29 is 9.30 Å². The predicted octanol–water partition coefficient (Wildman–Crippen LogP) is 17.2. The number of ether oxygens (including phenoxy) is 1. The maximum absolute atomic E-state index is 6.99. The summed E-state index contributed by atoms with van der Waals surface area (Å²) in [4.78, 5) is 5.14. The molecule has 0 radical (unpaired) electrons. The maximum atomic E-state index is 6.99. The van der Waals surface area contributed by atoms with E-state index in [4.69, 9.17) is 9.72 Å². The summed E-state index contributed by atoms with van der Waals surface area (Å²) in [5, 5.41) is 3.61. The van der Waals surface area contributed by atoms with Gasteiger partial charge in [0.2, 0.25) is 0 Å². The molecule has 0 atom stereocenters. The lowest BCUT2D eigenvalue weighted by Crippen LogP contribution is -2.32. The summed E-state index contributed by atoms with van der Waals surface area (Å²) in [6, 6.07) is 76.4. The fourth-order valence-corrected chi connectivity index (χ4v) is 11.0. The van der Waals surface area contributed by atoms with Gasteiger partial charge in [-0.3, -0.25) is 13.7 Å². The number of nitrogens with zero attached hydrogens (tertiary/aromatic N) is 4. The number of fused-ring (bicyclic) bond motifs is 8. The standard InChI is InChI=1S/C68H54N4O/c1-67(2,3)47-36-37-69-62(40-47)72-61-42-51(34-35-55(61)64-56-31-18-25-46-24-17-30-53(63(46)56)52-28-13-14-29-54(52)66(64)72)73-50-27-19-26-49(41-50)70-43-71(60-33-16-15-32-59(60)70)65-57(44-20-9-7-10-21-44)38-48(68(4,5)6)39-58(65)45-22-11-8-12-23-45/h7-42H,1-6H3. The molecule has 0 N–H and O–H groups in total. The first-order valence-corrected chi connectivity index (χ1v) is 25.3. The quantitative estimate of drug-likeness (QED) is 0.118. The number of hydrogen-bond acceptors (Lipinski definition) is 2. The lowest BCUT2D eigenvalue weighted by molar-refractivity contribution is -0.571. The summed E-state index contributed by atoms with van der Waals surface area (Å²) in [5.41, 5.74) is 19.2. The van der Waals surface area contributed by atoms with Crippen LogP contribution >= 0.6 is 0 Å². The highest BCUT2D eigenvalue weighted by Gasteiger charge is 2.30. The molecule has 3 heterocycles. The molecule has 5 heteroatoms. The van der Waals surface area contributed by atoms with Crippen LogP contribution in [0.5, 0.6) is 11.5 Å². The van der Waals surface area contributed by atoms with E-state index in [1.165, 1.54) is 49.7 Å². The number of benzene rings is 9. The van der Waals surface area contributed by atoms with Gasteiger partial charge in [-0.05, 0) is 114 Å². The highest BCUT2D eigenvalue weighted by Crippen LogP contribution is 2.52. The third kappa shape index (κ3) is 7.45. The van der Waals surface area contributed by atoms with Gasteiger partial charge in [0.05, 0.1) is 33.6 Å². The van der Waals surface area contributed by atoms with Gasteiger partial charge in [-0.2, -0.15) is 0 Å². The number of rotatable bonds is 7. The second-order valence-electron chi connectivity index (χ2n) is 21.4. The van der Waals surface area contributed by atoms with Crippen molar-refractivity contribution in [2.24, 2.45) is 0 Å². The summed E-state index contributed by atoms with van der Waals surface area (Å²) in [6.07, 6.45) is 5.83. The highest BCUT2D eigenvalue weighted by atomic mass is 16.5. The maximum Gasteiger partial charge on any atom is 0.269 e. The first kappa shape index (κ1) is 44.2. The van der Waals surface area contributed by atoms with E-state index < -0.39 is 0 Å². The van der Waals surface area contributed by atoms with Crippen LogP contribution in [-0.2, 0) is 10.8 Å². The first-order valence-electron chi connectivity index (χ1n) is 25.3. The van der Waals surface area contributed by atoms with Crippen molar-refractivity contribution in [2.75, 3.05) is 0 Å². The lowest BCUT2D eigenvalue weighted by Gasteiger charge is -2.25. The average Bonchev–Trinajstić information content (AvgIpc) is 3.93. The van der Waals surface area contributed by atoms with Gasteiger partial charge in [-0.25, -0.2) is 4.98 Å². The van der Waals surface area contributed by atoms with Crippen LogP contribution in [0.2, 0.25) is 0 Å². The highest BCUT2D eigenvalue weighted by molar-refractivity contribution is 6.19. The van der Waals surface area contributed by atoms with Gasteiger partial charge >= 0.3 is 0 Å². The molecule has 1 aliphatic carbocycles. The fourth-order valence-electron chi connectivity index (χ4n) is 11.0. The van der Waals surface area contributed by atoms with E-state index >= 15 is 0 Å². The van der Waals surface area contributed by atoms with Gasteiger partial charge in [0, 0.05) is 28.8 Å². The third-order valence-electron chi connectivity index (χ3n) is 14.7. The van der Waals surface area contributed by atoms with Crippen LogP contribution in [0.3, 0.4) is 0 Å². The van der Waals surface area contributed by atoms with Crippen LogP contribution in [0.4, 0.5) is 0 Å². The SMILES string of the molecule is CC(C)(C)c1ccnc(-n2c3c(c4ccc(Oc5cccc(-n6[c-][n+](-c7c(-c8ccccc8)cc(C(C)(C)C)cc7-c7ccccc7)c7ccccc76)c5)cc42)-c2cccc4cccc(c24)-c2ccccc2-3)c1. The molecule has 0 spiro atoms. The largest absolute Gasteiger partial charge is 0.458 e. The van der Waals surface area contributed by atoms with Gasteiger partial charge in [0.1, 0.15) is 17.3 Å². The number of pyridine rings is 1. The molecule has 0 saturated heterocycles. The zero-order valence-electron chi connectivity index (χ0n) is 42.0. The van der Waals surface area contributed by atoms with E-state index in [1.807, 2.05) is 12.3 Å². The summed E-state index contributed by atoms with van der Waals surface area (Å²) < 4.78 is 13.8. The molecule has 0 amide bonds. The van der Waals surface area contributed by atoms with E-state index in [2.05, 4.69) is 268 Å². The molecule has 0 aliphatic heterocycles. The Balaban J connectivity index is 0.981. The number of imidazole rings is 1. The van der Waals surface area contributed by atoms with Crippen LogP contribution in [0.15, 0.2) is 219 Å². The summed E-state index contributed by atoms with van der Waals surface area (Å²) in [5.74, 6) is 2.32. The van der Waals surface area contributed by atoms with E-state index in [9.17, 15) is 0 Å². The minimum atomic E-state index is -0.0821. The van der Waals surface area contributed by atoms with Gasteiger partial charge in [-0.15, -0.1) is 0 Å². The first-order chi connectivity index (χ1) is 35.5. The van der Waals surface area contributed by atoms with Gasteiger partial charge < -0.3 is 4.74 Å². The van der Waals surface area contributed by atoms with Crippen LogP contribution < -0.4 is 9.30 Å². The third-order valence-corrected chi connectivity index (χ3v) is 14.7. The monoisotopic (exact) mass is 942 g/mol. The number of para-hydroxylation sites is 2. The normalized spacial score (nSPS) is 12.2. The number of hydrogen-bond donors (Lipinski definition) is 0. The van der Waals surface area contributed by atoms with Crippen molar-refractivity contribution >= 4 is 32.7 Å². The Morgan fingerprint density at radius 1 is 0.479 bits per heavy atom. The molecule has 73 heavy (non-hydrogen) atoms. The summed E-state index contributed by atoms with van der Waals surface area (Å²) in [6.45, 7) is 13.6. The minimum absolute atomic E-state index is 0.0797. The van der Waals surface area contributed by atoms with E-state index in [-0.39, 0.29) is 10.8 Å². The molecule has 3 aromatic heterocycles. The molecule has 5 nitrogen and oxygen atoms in total. The predicted molar refractivity (Wildman–Crippen MR) is 300 cm³/mol. The van der Waals surface area contributed by atoms with Crippen LogP contribution in [0, 0.1) is 6.33 Å². The number of aromatic nitrogens is 4. The smallest absolute Gasteiger partial charge is 0.269 e. The molecule has 0 unspecified atom stereocenters. The van der Waals surface area contributed by atoms with Crippen molar-refractivity contribution in [3.05, 3.63) is 236 Å². The van der Waals surface area contributed by atoms with Crippen molar-refractivity contribution in [3.63, 3.8) is 0 Å². The molecule has 12 aromatic rings. The Kier molecular flexibility index (Phi) is 10.2. The molecule has 0 fully saturated rings. The summed E-state index contributed by atoms with van der Waals surface area (Å²) >= 11 is 0. The zero-order chi connectivity index (χ0) is 49.6. The summed E-state index contributed by atoms with van der Waals surface area (Å²) in [7, 11) is 0. The Hall–Kier alpha value is -8.80. The molecule has 13 rings (SSSR count). The van der Waals surface area contributed by atoms with E-state index in [0.717, 1.165) is 78.6 Å². The zero-order valence-corrected chi connectivity index (χ0v) is 42.0. The lowest BCUT2D eigenvalue weighted by atomic mass is 9.82. The fraction of sp³-hybridized carbons (Fsp3) is 0.118. The van der Waals surface area contributed by atoms with Gasteiger partial charge in [0.25, 0.3) is 6.33 Å². The molecule has 0 saturated carbocycles. The molecule has 1 aliphatic rings. The Morgan fingerprint density at radius 3 is 1.81 bits per heavy atom. The van der Waals surface area contributed by atoms with Crippen molar-refractivity contribution in [2.45, 2.75) is 52.4 Å². The minimum Gasteiger partial charge on any atom is -0.458 e. The van der Waals surface area contributed by atoms with Crippen LogP contribution in [-0.4, -0.2) is 14.1 Å². The Morgan fingerprint density at radius 2 is 1.10 bits per heavy atom. The van der Waals surface area contributed by atoms with Gasteiger partial charge in [-0.1, -0.05) is 205 Å². The van der Waals surface area contributed by atoms with Crippen molar-refractivity contribution in [1.82, 2.24) is 14.1 Å². The molecular formula is C68H54N4O. The molecule has 9 aromatic carbocycles. The molecule has 0 bridgehead atoms. The van der Waals surface area contributed by atoms with E-state index in [0.29, 0.717) is 0 Å². The van der Waals surface area contributed by atoms with Gasteiger partial charge in [0.15, 0.2) is 0 Å². The topological polar surface area (TPSA) is 35.9 Å². The Labute approximate surface area is 426 Å². The van der Waals surface area contributed by atoms with Crippen LogP contribution in [0.25, 0.3) is 106 Å². The van der Waals surface area contributed by atoms with Crippen LogP contribution in [0.1, 0.15) is 52.7 Å². The second-order valence-corrected chi connectivity index (χ2v) is 21.4. The van der Waals surface area contributed by atoms with Crippen molar-refractivity contribution in [1.29, 1.82) is 0 Å². The van der Waals surface area contributed by atoms with Crippen molar-refractivity contribution in [3.8, 4) is 84.5 Å². The molecular weight excluding hydrogens is 889 g/mol. The second kappa shape index (κ2) is 16.9. The Bertz CT molecular complexity index is 4060.